The van der Waals surface area contributed by atoms with Crippen LogP contribution in [0.2, 0.25) is 0 Å². The summed E-state index contributed by atoms with van der Waals surface area (Å²) in [5, 5.41) is 7.65. The molecular weight excluding hydrogens is 449 g/mol. The van der Waals surface area contributed by atoms with Crippen LogP contribution in [0.5, 0.6) is 0 Å². The molecule has 0 saturated heterocycles. The van der Waals surface area contributed by atoms with Crippen LogP contribution in [0.25, 0.3) is 16.7 Å². The molecule has 1 atom stereocenters. The molecule has 0 radical (unpaired) electrons. The zero-order chi connectivity index (χ0) is 25.3. The largest absolute Gasteiger partial charge is 0.352 e. The van der Waals surface area contributed by atoms with Crippen LogP contribution in [0.1, 0.15) is 56.5 Å². The zero-order valence-corrected chi connectivity index (χ0v) is 20.4. The summed E-state index contributed by atoms with van der Waals surface area (Å²) < 4.78 is 18.3. The second-order valence-electron chi connectivity index (χ2n) is 9.32. The van der Waals surface area contributed by atoms with Gasteiger partial charge in [0, 0.05) is 23.7 Å². The first-order valence-corrected chi connectivity index (χ1v) is 11.9. The third kappa shape index (κ3) is 4.76. The predicted molar refractivity (Wildman–Crippen MR) is 133 cm³/mol. The molecule has 1 N–H and O–H groups in total. The molecule has 35 heavy (non-hydrogen) atoms. The smallest absolute Gasteiger partial charge is 0.350 e. The summed E-state index contributed by atoms with van der Waals surface area (Å²) >= 11 is 0. The molecule has 0 aliphatic heterocycles. The Morgan fingerprint density at radius 1 is 1.11 bits per heavy atom. The Labute approximate surface area is 202 Å². The number of fused-ring (bicyclic) bond motifs is 3. The highest BCUT2D eigenvalue weighted by atomic mass is 19.1. The lowest BCUT2D eigenvalue weighted by Gasteiger charge is -2.13. The maximum atomic E-state index is 14.3. The predicted octanol–water partition coefficient (Wildman–Crippen LogP) is 3.57. The van der Waals surface area contributed by atoms with Gasteiger partial charge in [0.2, 0.25) is 5.78 Å². The first kappa shape index (κ1) is 24.4. The summed E-state index contributed by atoms with van der Waals surface area (Å²) in [5.74, 6) is -0.229. The van der Waals surface area contributed by atoms with Crippen LogP contribution in [0, 0.1) is 11.7 Å². The number of carbonyl (C=O) groups is 1. The van der Waals surface area contributed by atoms with Gasteiger partial charge in [-0.15, -0.1) is 5.10 Å². The number of hydrogen-bond donors (Lipinski definition) is 1. The fourth-order valence-corrected chi connectivity index (χ4v) is 3.95. The van der Waals surface area contributed by atoms with Crippen molar-refractivity contribution in [1.82, 2.24) is 24.1 Å². The molecule has 184 valence electrons. The third-order valence-electron chi connectivity index (χ3n) is 6.24. The molecule has 1 unspecified atom stereocenters. The summed E-state index contributed by atoms with van der Waals surface area (Å²) in [7, 11) is 0. The highest BCUT2D eigenvalue weighted by Crippen LogP contribution is 2.16. The average Bonchev–Trinajstić information content (AvgIpc) is 3.15. The first-order valence-electron chi connectivity index (χ1n) is 11.9. The molecule has 0 spiro atoms. The normalized spacial score (nSPS) is 12.5. The number of hydrogen-bond acceptors (Lipinski definition) is 4. The van der Waals surface area contributed by atoms with E-state index in [-0.39, 0.29) is 29.8 Å². The highest BCUT2D eigenvalue weighted by molar-refractivity contribution is 5.98. The van der Waals surface area contributed by atoms with Gasteiger partial charge < -0.3 is 5.32 Å². The molecule has 2 heterocycles. The van der Waals surface area contributed by atoms with Gasteiger partial charge in [-0.1, -0.05) is 39.0 Å². The third-order valence-corrected chi connectivity index (χ3v) is 6.24. The Kier molecular flexibility index (Phi) is 6.86. The second kappa shape index (κ2) is 9.85. The topological polar surface area (TPSA) is 90.4 Å². The molecule has 1 amide bonds. The number of carbonyl (C=O) groups excluding carboxylic acids is 1. The lowest BCUT2D eigenvalue weighted by Crippen LogP contribution is -2.32. The highest BCUT2D eigenvalue weighted by Gasteiger charge is 2.20. The molecule has 0 saturated carbocycles. The summed E-state index contributed by atoms with van der Waals surface area (Å²) in [6.07, 6.45) is 1.48. The number of halogens is 1. The lowest BCUT2D eigenvalue weighted by atomic mass is 10.1. The number of nitrogens with one attached hydrogen (secondary N) is 1. The summed E-state index contributed by atoms with van der Waals surface area (Å²) in [4.78, 5) is 39.7. The van der Waals surface area contributed by atoms with Gasteiger partial charge in [-0.2, -0.15) is 0 Å². The molecule has 4 rings (SSSR count). The average molecular weight is 480 g/mol. The van der Waals surface area contributed by atoms with E-state index < -0.39 is 11.5 Å². The van der Waals surface area contributed by atoms with E-state index in [2.05, 4.69) is 24.3 Å². The van der Waals surface area contributed by atoms with E-state index in [9.17, 15) is 18.8 Å². The van der Waals surface area contributed by atoms with Crippen LogP contribution in [0.3, 0.4) is 0 Å². The fraction of sp³-hybridized carbons (Fsp3) is 0.385. The molecule has 0 bridgehead atoms. The van der Waals surface area contributed by atoms with Crippen molar-refractivity contribution in [1.29, 1.82) is 0 Å². The Hall–Kier alpha value is -3.75. The van der Waals surface area contributed by atoms with Crippen LogP contribution in [-0.2, 0) is 13.1 Å². The van der Waals surface area contributed by atoms with Crippen molar-refractivity contribution in [2.45, 2.75) is 59.7 Å². The maximum Gasteiger partial charge on any atom is 0.352 e. The van der Waals surface area contributed by atoms with Crippen molar-refractivity contribution in [2.75, 3.05) is 0 Å². The molecular formula is C26H30FN5O3. The summed E-state index contributed by atoms with van der Waals surface area (Å²) in [5.41, 5.74) is 0.155. The minimum Gasteiger partial charge on any atom is -0.350 e. The number of nitrogens with zero attached hydrogens (tertiary/aromatic N) is 4. The Bertz CT molecular complexity index is 1520. The number of rotatable bonds is 8. The van der Waals surface area contributed by atoms with Crippen LogP contribution >= 0.6 is 0 Å². The van der Waals surface area contributed by atoms with E-state index in [1.165, 1.54) is 15.0 Å². The van der Waals surface area contributed by atoms with E-state index in [0.717, 1.165) is 11.1 Å². The number of amides is 1. The Morgan fingerprint density at radius 2 is 1.86 bits per heavy atom. The van der Waals surface area contributed by atoms with Crippen molar-refractivity contribution >= 4 is 22.6 Å². The van der Waals surface area contributed by atoms with Gasteiger partial charge in [0.15, 0.2) is 0 Å². The van der Waals surface area contributed by atoms with Gasteiger partial charge in [0.05, 0.1) is 17.4 Å². The van der Waals surface area contributed by atoms with Gasteiger partial charge in [-0.05, 0) is 49.9 Å². The van der Waals surface area contributed by atoms with Crippen LogP contribution in [-0.4, -0.2) is 30.7 Å². The monoisotopic (exact) mass is 479 g/mol. The Morgan fingerprint density at radius 3 is 2.54 bits per heavy atom. The molecule has 8 nitrogen and oxygen atoms in total. The van der Waals surface area contributed by atoms with Crippen molar-refractivity contribution in [2.24, 2.45) is 5.92 Å². The van der Waals surface area contributed by atoms with Crippen molar-refractivity contribution in [3.63, 3.8) is 0 Å². The molecule has 0 aliphatic carbocycles. The van der Waals surface area contributed by atoms with Crippen LogP contribution in [0.15, 0.2) is 52.1 Å². The van der Waals surface area contributed by atoms with E-state index in [1.807, 2.05) is 13.8 Å². The van der Waals surface area contributed by atoms with E-state index in [1.54, 1.807) is 36.4 Å². The summed E-state index contributed by atoms with van der Waals surface area (Å²) in [6, 6.07) is 10.9. The van der Waals surface area contributed by atoms with Gasteiger partial charge in [0.1, 0.15) is 5.82 Å². The molecule has 0 aliphatic rings. The minimum atomic E-state index is -0.508. The van der Waals surface area contributed by atoms with Gasteiger partial charge >= 0.3 is 5.69 Å². The Balaban J connectivity index is 1.95. The van der Waals surface area contributed by atoms with Gasteiger partial charge in [0.25, 0.3) is 11.5 Å². The van der Waals surface area contributed by atoms with E-state index in [0.29, 0.717) is 40.9 Å². The van der Waals surface area contributed by atoms with Gasteiger partial charge in [-0.3, -0.25) is 14.2 Å². The van der Waals surface area contributed by atoms with E-state index >= 15 is 0 Å². The standard InChI is InChI=1S/C26H30FN5O3/c1-5-17(4)28-23(33)18-10-11-20-22(14-18)32-25(30(24(20)34)13-12-16(2)3)29-31(26(32)35)15-19-8-6-7-9-21(19)27/h6-11,14,16-17H,5,12-13,15H2,1-4H3,(H,28,33). The van der Waals surface area contributed by atoms with Crippen molar-refractivity contribution in [3.8, 4) is 0 Å². The van der Waals surface area contributed by atoms with Crippen molar-refractivity contribution in [3.05, 3.63) is 80.2 Å². The zero-order valence-electron chi connectivity index (χ0n) is 20.4. The number of aryl methyl sites for hydroxylation is 1. The molecule has 2 aromatic heterocycles. The van der Waals surface area contributed by atoms with Crippen LogP contribution in [0.4, 0.5) is 4.39 Å². The lowest BCUT2D eigenvalue weighted by molar-refractivity contribution is 0.0939. The SMILES string of the molecule is CCC(C)NC(=O)c1ccc2c(=O)n(CCC(C)C)c3nn(Cc4ccccc4F)c(=O)n3c2c1. The molecule has 0 fully saturated rings. The van der Waals surface area contributed by atoms with Crippen molar-refractivity contribution < 1.29 is 9.18 Å². The van der Waals surface area contributed by atoms with Gasteiger partial charge in [-0.25, -0.2) is 18.3 Å². The molecule has 9 heteroatoms. The summed E-state index contributed by atoms with van der Waals surface area (Å²) in [6.45, 7) is 8.27. The quantitative estimate of drug-likeness (QED) is 0.418. The molecule has 4 aromatic rings. The fourth-order valence-electron chi connectivity index (χ4n) is 3.95. The first-order chi connectivity index (χ1) is 16.7. The number of aromatic nitrogens is 4. The second-order valence-corrected chi connectivity index (χ2v) is 9.32. The van der Waals surface area contributed by atoms with Crippen LogP contribution < -0.4 is 16.6 Å². The minimum absolute atomic E-state index is 0.0199. The number of benzene rings is 2. The maximum absolute atomic E-state index is 14.3. The van der Waals surface area contributed by atoms with E-state index in [4.69, 9.17) is 0 Å². The molecule has 2 aromatic carbocycles.